The molecular weight excluding hydrogens is 496 g/mol. The van der Waals surface area contributed by atoms with E-state index < -0.39 is 0 Å². The van der Waals surface area contributed by atoms with Gasteiger partial charge in [-0.3, -0.25) is 4.79 Å². The van der Waals surface area contributed by atoms with Crippen LogP contribution in [0.25, 0.3) is 0 Å². The van der Waals surface area contributed by atoms with Gasteiger partial charge in [0.05, 0.1) is 42.8 Å². The maximum absolute atomic E-state index is 13.5. The minimum atomic E-state index is -0.288. The second-order valence-corrected chi connectivity index (χ2v) is 10.4. The number of hydrogen-bond acceptors (Lipinski definition) is 8. The number of aromatic nitrogens is 1. The van der Waals surface area contributed by atoms with E-state index in [9.17, 15) is 4.79 Å². The van der Waals surface area contributed by atoms with Crippen molar-refractivity contribution < 1.29 is 23.7 Å². The van der Waals surface area contributed by atoms with Crippen LogP contribution in [0.5, 0.6) is 17.2 Å². The Bertz CT molecular complexity index is 1340. The summed E-state index contributed by atoms with van der Waals surface area (Å²) in [5.41, 5.74) is 3.67. The highest BCUT2D eigenvalue weighted by molar-refractivity contribution is 5.99. The normalized spacial score (nSPS) is 21.6. The van der Waals surface area contributed by atoms with Crippen LogP contribution < -0.4 is 29.7 Å². The van der Waals surface area contributed by atoms with Crippen LogP contribution in [0, 0.1) is 0 Å². The molecule has 9 heteroatoms. The molecule has 1 amide bonds. The number of benzene rings is 2. The summed E-state index contributed by atoms with van der Waals surface area (Å²) in [5.74, 6) is 2.64. The van der Waals surface area contributed by atoms with Crippen LogP contribution in [0.15, 0.2) is 54.7 Å². The van der Waals surface area contributed by atoms with Crippen molar-refractivity contribution in [1.29, 1.82) is 0 Å². The zero-order valence-corrected chi connectivity index (χ0v) is 22.3. The van der Waals surface area contributed by atoms with Gasteiger partial charge in [0, 0.05) is 26.1 Å². The van der Waals surface area contributed by atoms with Gasteiger partial charge in [0.1, 0.15) is 24.3 Å². The van der Waals surface area contributed by atoms with Crippen LogP contribution in [-0.4, -0.2) is 62.1 Å². The number of fused-ring (bicyclic) bond motifs is 2. The van der Waals surface area contributed by atoms with E-state index >= 15 is 0 Å². The summed E-state index contributed by atoms with van der Waals surface area (Å²) >= 11 is 0. The SMILES string of the molecule is C[C@@H]1CN(c2cnc(NCc3ccc4c(c3)OCC4)c(C(=O)NC[C@H]3COc4ccccc4O3)c2)C[C@H](C)O1. The van der Waals surface area contributed by atoms with Crippen LogP contribution in [0.4, 0.5) is 11.5 Å². The molecule has 204 valence electrons. The van der Waals surface area contributed by atoms with Crippen molar-refractivity contribution in [3.05, 3.63) is 71.4 Å². The number of ether oxygens (including phenoxy) is 4. The van der Waals surface area contributed by atoms with Crippen molar-refractivity contribution in [3.63, 3.8) is 0 Å². The molecule has 0 spiro atoms. The van der Waals surface area contributed by atoms with E-state index in [0.29, 0.717) is 36.8 Å². The van der Waals surface area contributed by atoms with Crippen molar-refractivity contribution in [3.8, 4) is 17.2 Å². The summed E-state index contributed by atoms with van der Waals surface area (Å²) in [7, 11) is 0. The summed E-state index contributed by atoms with van der Waals surface area (Å²) in [6.45, 7) is 7.51. The fourth-order valence-corrected chi connectivity index (χ4v) is 5.30. The minimum absolute atomic E-state index is 0.0946. The van der Waals surface area contributed by atoms with E-state index in [1.54, 1.807) is 0 Å². The molecule has 0 aliphatic carbocycles. The highest BCUT2D eigenvalue weighted by Crippen LogP contribution is 2.31. The number of anilines is 2. The maximum atomic E-state index is 13.5. The third-order valence-electron chi connectivity index (χ3n) is 7.18. The molecule has 1 saturated heterocycles. The van der Waals surface area contributed by atoms with Crippen LogP contribution in [0.3, 0.4) is 0 Å². The van der Waals surface area contributed by atoms with Gasteiger partial charge >= 0.3 is 0 Å². The molecule has 3 atom stereocenters. The van der Waals surface area contributed by atoms with Gasteiger partial charge in [-0.05, 0) is 49.2 Å². The highest BCUT2D eigenvalue weighted by atomic mass is 16.6. The molecule has 6 rings (SSSR count). The number of amides is 1. The Morgan fingerprint density at radius 2 is 1.85 bits per heavy atom. The molecule has 0 bridgehead atoms. The Kier molecular flexibility index (Phi) is 7.15. The summed E-state index contributed by atoms with van der Waals surface area (Å²) in [5, 5.41) is 6.41. The van der Waals surface area contributed by atoms with Crippen molar-refractivity contribution in [2.45, 2.75) is 45.1 Å². The van der Waals surface area contributed by atoms with E-state index in [0.717, 1.165) is 48.9 Å². The summed E-state index contributed by atoms with van der Waals surface area (Å²) in [4.78, 5) is 20.4. The Hall–Kier alpha value is -3.98. The first-order valence-electron chi connectivity index (χ1n) is 13.6. The number of para-hydroxylation sites is 2. The Labute approximate surface area is 228 Å². The number of carbonyl (C=O) groups is 1. The lowest BCUT2D eigenvalue weighted by molar-refractivity contribution is -0.00523. The second-order valence-electron chi connectivity index (χ2n) is 10.4. The molecule has 0 radical (unpaired) electrons. The zero-order chi connectivity index (χ0) is 26.8. The van der Waals surface area contributed by atoms with Gasteiger partial charge in [-0.2, -0.15) is 0 Å². The Morgan fingerprint density at radius 1 is 1.03 bits per heavy atom. The molecule has 3 aliphatic heterocycles. The molecule has 4 heterocycles. The third kappa shape index (κ3) is 5.73. The van der Waals surface area contributed by atoms with Crippen molar-refractivity contribution in [2.75, 3.05) is 43.1 Å². The van der Waals surface area contributed by atoms with Gasteiger partial charge in [-0.1, -0.05) is 24.3 Å². The quantitative estimate of drug-likeness (QED) is 0.476. The lowest BCUT2D eigenvalue weighted by Gasteiger charge is -2.36. The molecule has 3 aliphatic rings. The van der Waals surface area contributed by atoms with E-state index in [-0.39, 0.29) is 24.2 Å². The summed E-state index contributed by atoms with van der Waals surface area (Å²) in [6.07, 6.45) is 2.67. The molecule has 0 saturated carbocycles. The van der Waals surface area contributed by atoms with Crippen molar-refractivity contribution in [1.82, 2.24) is 10.3 Å². The average Bonchev–Trinajstić information content (AvgIpc) is 3.42. The number of hydrogen-bond donors (Lipinski definition) is 2. The molecule has 9 nitrogen and oxygen atoms in total. The van der Waals surface area contributed by atoms with Crippen LogP contribution >= 0.6 is 0 Å². The molecule has 2 aromatic carbocycles. The highest BCUT2D eigenvalue weighted by Gasteiger charge is 2.26. The lowest BCUT2D eigenvalue weighted by Crippen LogP contribution is -2.45. The fourth-order valence-electron chi connectivity index (χ4n) is 5.30. The molecule has 3 aromatic rings. The van der Waals surface area contributed by atoms with Crippen molar-refractivity contribution >= 4 is 17.4 Å². The second kappa shape index (κ2) is 11.0. The largest absolute Gasteiger partial charge is 0.493 e. The lowest BCUT2D eigenvalue weighted by atomic mass is 10.1. The fraction of sp³-hybridized carbons (Fsp3) is 0.400. The molecule has 39 heavy (non-hydrogen) atoms. The van der Waals surface area contributed by atoms with E-state index in [4.69, 9.17) is 23.9 Å². The Balaban J connectivity index is 1.19. The maximum Gasteiger partial charge on any atom is 0.255 e. The number of nitrogens with zero attached hydrogens (tertiary/aromatic N) is 2. The topological polar surface area (TPSA) is 94.2 Å². The zero-order valence-electron chi connectivity index (χ0n) is 22.3. The molecular formula is C30H34N4O5. The van der Waals surface area contributed by atoms with Gasteiger partial charge in [0.2, 0.25) is 0 Å². The standard InChI is InChI=1S/C30H34N4O5/c1-19-16-34(17-20(2)38-19)23-12-25(30(35)33-15-24-18-37-26-5-3-4-6-27(26)39-24)29(32-14-23)31-13-21-7-8-22-9-10-36-28(22)11-21/h3-8,11-12,14,19-20,24H,9-10,13,15-18H2,1-2H3,(H,31,32)(H,33,35)/t19-,20+,24-/m0/s1. The summed E-state index contributed by atoms with van der Waals surface area (Å²) in [6, 6.07) is 15.7. The predicted octanol–water partition coefficient (Wildman–Crippen LogP) is 3.81. The number of pyridine rings is 1. The smallest absolute Gasteiger partial charge is 0.255 e. The predicted molar refractivity (Wildman–Crippen MR) is 148 cm³/mol. The number of rotatable bonds is 7. The van der Waals surface area contributed by atoms with Crippen molar-refractivity contribution in [2.24, 2.45) is 0 Å². The van der Waals surface area contributed by atoms with Crippen LogP contribution in [0.2, 0.25) is 0 Å². The Morgan fingerprint density at radius 3 is 2.69 bits per heavy atom. The van der Waals surface area contributed by atoms with E-state index in [2.05, 4.69) is 47.6 Å². The first kappa shape index (κ1) is 25.3. The van der Waals surface area contributed by atoms with Gasteiger partial charge in [-0.15, -0.1) is 0 Å². The minimum Gasteiger partial charge on any atom is -0.493 e. The van der Waals surface area contributed by atoms with Crippen LogP contribution in [-0.2, 0) is 17.7 Å². The van der Waals surface area contributed by atoms with Gasteiger partial charge in [0.25, 0.3) is 5.91 Å². The first-order valence-corrected chi connectivity index (χ1v) is 13.6. The van der Waals surface area contributed by atoms with E-state index in [1.165, 1.54) is 5.56 Å². The third-order valence-corrected chi connectivity index (χ3v) is 7.18. The van der Waals surface area contributed by atoms with Gasteiger partial charge < -0.3 is 34.5 Å². The molecule has 2 N–H and O–H groups in total. The van der Waals surface area contributed by atoms with E-state index in [1.807, 2.05) is 36.5 Å². The molecule has 1 fully saturated rings. The first-order chi connectivity index (χ1) is 19.0. The van der Waals surface area contributed by atoms with Gasteiger partial charge in [0.15, 0.2) is 11.5 Å². The number of nitrogens with one attached hydrogen (secondary N) is 2. The summed E-state index contributed by atoms with van der Waals surface area (Å²) < 4.78 is 23.5. The monoisotopic (exact) mass is 530 g/mol. The van der Waals surface area contributed by atoms with Crippen LogP contribution in [0.1, 0.15) is 35.3 Å². The number of morpholine rings is 1. The molecule has 1 aromatic heterocycles. The average molecular weight is 531 g/mol. The molecule has 0 unspecified atom stereocenters. The van der Waals surface area contributed by atoms with Gasteiger partial charge in [-0.25, -0.2) is 4.98 Å². The number of carbonyl (C=O) groups excluding carboxylic acids is 1.